The Morgan fingerprint density at radius 3 is 1.17 bits per heavy atom. The average molecular weight is 1060 g/mol. The highest BCUT2D eigenvalue weighted by Gasteiger charge is 2.42. The molecule has 2 aliphatic carbocycles. The number of ether oxygens (including phenoxy) is 2. The third kappa shape index (κ3) is 14.4. The Hall–Kier alpha value is -5.18. The van der Waals surface area contributed by atoms with Crippen molar-refractivity contribution < 1.29 is 75.4 Å². The van der Waals surface area contributed by atoms with Gasteiger partial charge in [-0.25, -0.2) is 9.59 Å². The number of aliphatic carboxylic acids is 4. The lowest BCUT2D eigenvalue weighted by atomic mass is 9.92. The second kappa shape index (κ2) is 23.0. The van der Waals surface area contributed by atoms with Crippen LogP contribution in [0.15, 0.2) is 81.7 Å². The Morgan fingerprint density at radius 2 is 0.894 bits per heavy atom. The molecule has 20 heteroatoms. The van der Waals surface area contributed by atoms with E-state index in [0.29, 0.717) is 52.0 Å². The standard InChI is InChI=1S/C42H46Br2N2O6.2C2HF3O2/c1-27-31(25-51-37-15-13-29(21-35(37)43)23-45-41(39(47)48)17-3-4-18-41)9-7-11-33(27)34-12-8-10-32(28(34)2)26-52-38-16-14-30(22-36(38)44)24-46-42(40(49)50)19-5-6-20-42;2*3-2(4,5)1(6)7/h7-16,21-22,45-46H,3-6,17-20,23-26H2,1-2H3,(H,47,48)(H,49,50);2*(H,6,7). The summed E-state index contributed by atoms with van der Waals surface area (Å²) in [6.45, 7) is 6.01. The van der Waals surface area contributed by atoms with Gasteiger partial charge in [-0.2, -0.15) is 26.3 Å². The van der Waals surface area contributed by atoms with Gasteiger partial charge in [-0.1, -0.05) is 74.2 Å². The molecule has 0 saturated heterocycles. The summed E-state index contributed by atoms with van der Waals surface area (Å²) in [5.74, 6) is -5.60. The van der Waals surface area contributed by atoms with Gasteiger partial charge in [-0.05, 0) is 140 Å². The number of hydrogen-bond donors (Lipinski definition) is 6. The summed E-state index contributed by atoms with van der Waals surface area (Å²) in [5, 5.41) is 40.4. The van der Waals surface area contributed by atoms with E-state index in [1.165, 1.54) is 0 Å². The van der Waals surface area contributed by atoms with E-state index >= 15 is 0 Å². The van der Waals surface area contributed by atoms with Crippen molar-refractivity contribution in [2.24, 2.45) is 0 Å². The Morgan fingerprint density at radius 1 is 0.576 bits per heavy atom. The van der Waals surface area contributed by atoms with Crippen molar-refractivity contribution in [3.63, 3.8) is 0 Å². The molecule has 0 aliphatic heterocycles. The van der Waals surface area contributed by atoms with Crippen LogP contribution in [0.2, 0.25) is 0 Å². The van der Waals surface area contributed by atoms with Gasteiger partial charge < -0.3 is 29.9 Å². The van der Waals surface area contributed by atoms with E-state index in [1.54, 1.807) is 0 Å². The van der Waals surface area contributed by atoms with Crippen LogP contribution in [0, 0.1) is 13.8 Å². The summed E-state index contributed by atoms with van der Waals surface area (Å²) in [4.78, 5) is 41.6. The maximum absolute atomic E-state index is 11.9. The first-order valence-corrected chi connectivity index (χ1v) is 22.0. The Labute approximate surface area is 393 Å². The molecule has 0 aromatic heterocycles. The molecule has 2 fully saturated rings. The van der Waals surface area contributed by atoms with E-state index in [1.807, 2.05) is 36.4 Å². The van der Waals surface area contributed by atoms with Crippen LogP contribution in [0.4, 0.5) is 26.3 Å². The molecule has 0 heterocycles. The molecule has 0 bridgehead atoms. The van der Waals surface area contributed by atoms with Gasteiger partial charge in [0.25, 0.3) is 0 Å². The topological polar surface area (TPSA) is 192 Å². The fraction of sp³-hybridized carbons (Fsp3) is 0.391. The Bertz CT molecular complexity index is 2200. The smallest absolute Gasteiger partial charge is 0.488 e. The number of nitrogens with one attached hydrogen (secondary N) is 2. The van der Waals surface area contributed by atoms with Crippen LogP contribution in [0.25, 0.3) is 11.1 Å². The fourth-order valence-electron chi connectivity index (χ4n) is 7.55. The van der Waals surface area contributed by atoms with Gasteiger partial charge in [0.1, 0.15) is 35.8 Å². The number of carboxylic acids is 4. The zero-order valence-electron chi connectivity index (χ0n) is 35.7. The molecule has 0 unspecified atom stereocenters. The average Bonchev–Trinajstić information content (AvgIpc) is 3.95. The first-order valence-electron chi connectivity index (χ1n) is 20.5. The third-order valence-electron chi connectivity index (χ3n) is 11.4. The van der Waals surface area contributed by atoms with Gasteiger partial charge in [0.2, 0.25) is 0 Å². The van der Waals surface area contributed by atoms with Crippen molar-refractivity contribution in [1.29, 1.82) is 0 Å². The van der Waals surface area contributed by atoms with Gasteiger partial charge in [-0.3, -0.25) is 20.2 Å². The van der Waals surface area contributed by atoms with Crippen LogP contribution < -0.4 is 20.1 Å². The minimum atomic E-state index is -5.08. The third-order valence-corrected chi connectivity index (χ3v) is 12.7. The maximum atomic E-state index is 11.9. The highest BCUT2D eigenvalue weighted by molar-refractivity contribution is 9.11. The molecule has 2 aliphatic rings. The van der Waals surface area contributed by atoms with Gasteiger partial charge in [0.05, 0.1) is 8.95 Å². The van der Waals surface area contributed by atoms with Crippen LogP contribution >= 0.6 is 31.9 Å². The summed E-state index contributed by atoms with van der Waals surface area (Å²) < 4.78 is 77.7. The number of rotatable bonds is 15. The van der Waals surface area contributed by atoms with Crippen LogP contribution in [-0.2, 0) is 45.5 Å². The molecule has 4 aromatic carbocycles. The van der Waals surface area contributed by atoms with Crippen LogP contribution in [0.1, 0.15) is 84.7 Å². The number of alkyl halides is 6. The highest BCUT2D eigenvalue weighted by atomic mass is 79.9. The van der Waals surface area contributed by atoms with E-state index < -0.39 is 47.3 Å². The molecule has 0 radical (unpaired) electrons. The quantitative estimate of drug-likeness (QED) is 0.0619. The molecular formula is C46H48Br2F6N2O10. The molecule has 0 atom stereocenters. The van der Waals surface area contributed by atoms with E-state index in [4.69, 9.17) is 29.3 Å². The van der Waals surface area contributed by atoms with E-state index in [0.717, 1.165) is 90.6 Å². The largest absolute Gasteiger partial charge is 0.490 e. The van der Waals surface area contributed by atoms with Crippen LogP contribution in [0.3, 0.4) is 0 Å². The molecule has 66 heavy (non-hydrogen) atoms. The van der Waals surface area contributed by atoms with Crippen molar-refractivity contribution >= 4 is 55.7 Å². The summed E-state index contributed by atoms with van der Waals surface area (Å²) in [5.41, 5.74) is 7.06. The van der Waals surface area contributed by atoms with Crippen LogP contribution in [-0.4, -0.2) is 67.7 Å². The van der Waals surface area contributed by atoms with E-state index in [9.17, 15) is 46.1 Å². The van der Waals surface area contributed by atoms with Gasteiger partial charge >= 0.3 is 36.2 Å². The summed E-state index contributed by atoms with van der Waals surface area (Å²) in [7, 11) is 0. The molecule has 0 spiro atoms. The first kappa shape index (κ1) is 53.4. The molecule has 6 rings (SSSR count). The van der Waals surface area contributed by atoms with Crippen molar-refractivity contribution in [3.05, 3.63) is 115 Å². The first-order chi connectivity index (χ1) is 30.9. The lowest BCUT2D eigenvalue weighted by Gasteiger charge is -2.25. The Balaban J connectivity index is 0.000000590. The molecule has 2 saturated carbocycles. The minimum Gasteiger partial charge on any atom is -0.488 e. The highest BCUT2D eigenvalue weighted by Crippen LogP contribution is 2.35. The monoisotopic (exact) mass is 1060 g/mol. The van der Waals surface area contributed by atoms with Gasteiger partial charge in [-0.15, -0.1) is 0 Å². The Kier molecular flexibility index (Phi) is 18.6. The minimum absolute atomic E-state index is 0.399. The second-order valence-corrected chi connectivity index (χ2v) is 17.5. The second-order valence-electron chi connectivity index (χ2n) is 15.8. The molecule has 358 valence electrons. The van der Waals surface area contributed by atoms with E-state index in [-0.39, 0.29) is 0 Å². The lowest BCUT2D eigenvalue weighted by molar-refractivity contribution is -0.193. The summed E-state index contributed by atoms with van der Waals surface area (Å²) >= 11 is 7.33. The number of hydrogen-bond acceptors (Lipinski definition) is 8. The summed E-state index contributed by atoms with van der Waals surface area (Å²) in [6.07, 6.45) is -3.80. The molecule has 6 N–H and O–H groups in total. The molecule has 0 amide bonds. The lowest BCUT2D eigenvalue weighted by Crippen LogP contribution is -2.49. The SMILES string of the molecule is Cc1c(COc2ccc(CNC3(C(=O)O)CCCC3)cc2Br)cccc1-c1cccc(COc2ccc(CNC3(C(=O)O)CCCC3)cc2Br)c1C.O=C(O)C(F)(F)F.O=C(O)C(F)(F)F. The maximum Gasteiger partial charge on any atom is 0.490 e. The number of carbonyl (C=O) groups is 4. The predicted octanol–water partition coefficient (Wildman–Crippen LogP) is 10.9. The number of benzene rings is 4. The zero-order valence-corrected chi connectivity index (χ0v) is 38.8. The van der Waals surface area contributed by atoms with Crippen molar-refractivity contribution in [1.82, 2.24) is 10.6 Å². The van der Waals surface area contributed by atoms with Crippen LogP contribution in [0.5, 0.6) is 11.5 Å². The number of halogens is 8. The zero-order chi connectivity index (χ0) is 49.0. The summed E-state index contributed by atoms with van der Waals surface area (Å²) in [6, 6.07) is 24.4. The van der Waals surface area contributed by atoms with Crippen molar-refractivity contribution in [2.75, 3.05) is 0 Å². The predicted molar refractivity (Wildman–Crippen MR) is 237 cm³/mol. The fourth-order valence-corrected chi connectivity index (χ4v) is 8.63. The molecule has 12 nitrogen and oxygen atoms in total. The molecule has 4 aromatic rings. The normalized spacial score (nSPS) is 15.1. The van der Waals surface area contributed by atoms with E-state index in [2.05, 4.69) is 92.7 Å². The van der Waals surface area contributed by atoms with Crippen molar-refractivity contribution in [2.45, 2.75) is 115 Å². The number of carboxylic acid groups (broad SMARTS) is 4. The van der Waals surface area contributed by atoms with Gasteiger partial charge in [0, 0.05) is 13.1 Å². The van der Waals surface area contributed by atoms with Crippen molar-refractivity contribution in [3.8, 4) is 22.6 Å². The molecular weight excluding hydrogens is 1010 g/mol. The van der Waals surface area contributed by atoms with Gasteiger partial charge in [0.15, 0.2) is 0 Å².